The van der Waals surface area contributed by atoms with Crippen molar-refractivity contribution in [2.24, 2.45) is 5.41 Å². The number of amides is 2. The van der Waals surface area contributed by atoms with Crippen LogP contribution < -0.4 is 16.0 Å². The lowest BCUT2D eigenvalue weighted by atomic mass is 9.82. The lowest BCUT2D eigenvalue weighted by Gasteiger charge is -2.34. The van der Waals surface area contributed by atoms with Crippen molar-refractivity contribution in [1.82, 2.24) is 10.6 Å². The minimum Gasteiger partial charge on any atom is -0.380 e. The van der Waals surface area contributed by atoms with E-state index in [1.54, 1.807) is 36.4 Å². The van der Waals surface area contributed by atoms with E-state index in [0.29, 0.717) is 27.9 Å². The summed E-state index contributed by atoms with van der Waals surface area (Å²) >= 11 is 0. The SMILES string of the molecule is CC(C)(C)C(=O)NCCC(=O)NC1CCCCC1Nc1cccc2c1C(=O)c1ccccc1C2=O. The summed E-state index contributed by atoms with van der Waals surface area (Å²) in [6, 6.07) is 12.1. The van der Waals surface area contributed by atoms with Crippen LogP contribution in [0.15, 0.2) is 42.5 Å². The lowest BCUT2D eigenvalue weighted by Crippen LogP contribution is -2.49. The molecule has 184 valence electrons. The summed E-state index contributed by atoms with van der Waals surface area (Å²) in [5.74, 6) is -0.515. The maximum atomic E-state index is 13.3. The van der Waals surface area contributed by atoms with Crippen LogP contribution in [0.25, 0.3) is 0 Å². The van der Waals surface area contributed by atoms with E-state index in [1.807, 2.05) is 26.8 Å². The number of fused-ring (bicyclic) bond motifs is 2. The molecule has 2 aromatic rings. The van der Waals surface area contributed by atoms with E-state index in [-0.39, 0.29) is 48.4 Å². The van der Waals surface area contributed by atoms with Gasteiger partial charge in [0, 0.05) is 52.8 Å². The van der Waals surface area contributed by atoms with Gasteiger partial charge in [0.2, 0.25) is 11.8 Å². The molecule has 0 spiro atoms. The van der Waals surface area contributed by atoms with E-state index in [9.17, 15) is 19.2 Å². The molecule has 2 unspecified atom stereocenters. The number of carbonyl (C=O) groups is 4. The third-order valence-electron chi connectivity index (χ3n) is 6.72. The molecule has 2 atom stereocenters. The fraction of sp³-hybridized carbons (Fsp3) is 0.429. The standard InChI is InChI=1S/C28H33N3O4/c1-28(2,3)27(35)29-16-15-23(32)31-21-13-7-6-12-20(21)30-22-14-8-11-19-24(22)26(34)18-10-5-4-9-17(18)25(19)33/h4-5,8-11,14,20-21,30H,6-7,12-13,15-16H2,1-3H3,(H,29,35)(H,31,32). The summed E-state index contributed by atoms with van der Waals surface area (Å²) < 4.78 is 0. The normalized spacial score (nSPS) is 19.4. The Balaban J connectivity index is 1.46. The maximum absolute atomic E-state index is 13.3. The Bertz CT molecular complexity index is 1170. The van der Waals surface area contributed by atoms with Crippen molar-refractivity contribution in [2.45, 2.75) is 65.0 Å². The minimum atomic E-state index is -0.497. The van der Waals surface area contributed by atoms with Crippen LogP contribution in [0.2, 0.25) is 0 Å². The number of nitrogens with one attached hydrogen (secondary N) is 3. The zero-order chi connectivity index (χ0) is 25.2. The van der Waals surface area contributed by atoms with Gasteiger partial charge < -0.3 is 16.0 Å². The van der Waals surface area contributed by atoms with Crippen molar-refractivity contribution in [1.29, 1.82) is 0 Å². The monoisotopic (exact) mass is 475 g/mol. The van der Waals surface area contributed by atoms with Gasteiger partial charge in [-0.1, -0.05) is 70.0 Å². The van der Waals surface area contributed by atoms with Gasteiger partial charge in [-0.2, -0.15) is 0 Å². The molecule has 7 nitrogen and oxygen atoms in total. The predicted molar refractivity (Wildman–Crippen MR) is 135 cm³/mol. The Hall–Kier alpha value is -3.48. The van der Waals surface area contributed by atoms with Gasteiger partial charge in [0.25, 0.3) is 0 Å². The highest BCUT2D eigenvalue weighted by Gasteiger charge is 2.33. The zero-order valence-electron chi connectivity index (χ0n) is 20.6. The number of hydrogen-bond acceptors (Lipinski definition) is 5. The summed E-state index contributed by atoms with van der Waals surface area (Å²) in [7, 11) is 0. The second-order valence-electron chi connectivity index (χ2n) is 10.4. The number of hydrogen-bond donors (Lipinski definition) is 3. The Labute approximate surface area is 206 Å². The zero-order valence-corrected chi connectivity index (χ0v) is 20.6. The summed E-state index contributed by atoms with van der Waals surface area (Å²) in [5, 5.41) is 9.40. The van der Waals surface area contributed by atoms with Crippen LogP contribution in [0.3, 0.4) is 0 Å². The molecule has 0 aliphatic heterocycles. The molecule has 0 bridgehead atoms. The van der Waals surface area contributed by atoms with E-state index >= 15 is 0 Å². The van der Waals surface area contributed by atoms with E-state index < -0.39 is 5.41 Å². The fourth-order valence-corrected chi connectivity index (χ4v) is 4.78. The maximum Gasteiger partial charge on any atom is 0.225 e. The van der Waals surface area contributed by atoms with Crippen LogP contribution in [-0.4, -0.2) is 42.0 Å². The first-order valence-corrected chi connectivity index (χ1v) is 12.3. The van der Waals surface area contributed by atoms with Crippen LogP contribution in [0.4, 0.5) is 5.69 Å². The van der Waals surface area contributed by atoms with Gasteiger partial charge in [-0.15, -0.1) is 0 Å². The quantitative estimate of drug-likeness (QED) is 0.502. The summed E-state index contributed by atoms with van der Waals surface area (Å²) in [5.41, 5.74) is 1.79. The molecule has 3 N–H and O–H groups in total. The summed E-state index contributed by atoms with van der Waals surface area (Å²) in [6.07, 6.45) is 3.88. The lowest BCUT2D eigenvalue weighted by molar-refractivity contribution is -0.128. The Kier molecular flexibility index (Phi) is 7.05. The Morgan fingerprint density at radius 2 is 1.49 bits per heavy atom. The highest BCUT2D eigenvalue weighted by Crippen LogP contribution is 2.33. The molecule has 2 amide bonds. The number of carbonyl (C=O) groups excluding carboxylic acids is 4. The highest BCUT2D eigenvalue weighted by molar-refractivity contribution is 6.30. The first kappa shape index (κ1) is 24.6. The molecule has 2 aliphatic carbocycles. The van der Waals surface area contributed by atoms with E-state index in [4.69, 9.17) is 0 Å². The molecule has 2 aliphatic rings. The van der Waals surface area contributed by atoms with Gasteiger partial charge in [-0.05, 0) is 18.9 Å². The van der Waals surface area contributed by atoms with Crippen LogP contribution in [0.5, 0.6) is 0 Å². The van der Waals surface area contributed by atoms with Gasteiger partial charge in [-0.3, -0.25) is 19.2 Å². The van der Waals surface area contributed by atoms with Crippen LogP contribution in [0.1, 0.15) is 84.7 Å². The van der Waals surface area contributed by atoms with Crippen molar-refractivity contribution in [3.63, 3.8) is 0 Å². The molecule has 35 heavy (non-hydrogen) atoms. The van der Waals surface area contributed by atoms with Crippen molar-refractivity contribution in [3.05, 3.63) is 64.7 Å². The van der Waals surface area contributed by atoms with Crippen molar-refractivity contribution in [3.8, 4) is 0 Å². The first-order chi connectivity index (χ1) is 16.7. The smallest absolute Gasteiger partial charge is 0.225 e. The van der Waals surface area contributed by atoms with Gasteiger partial charge >= 0.3 is 0 Å². The van der Waals surface area contributed by atoms with E-state index in [1.165, 1.54) is 0 Å². The van der Waals surface area contributed by atoms with E-state index in [2.05, 4.69) is 16.0 Å². The van der Waals surface area contributed by atoms with E-state index in [0.717, 1.165) is 25.7 Å². The number of benzene rings is 2. The second-order valence-corrected chi connectivity index (χ2v) is 10.4. The van der Waals surface area contributed by atoms with Gasteiger partial charge in [0.05, 0.1) is 5.56 Å². The topological polar surface area (TPSA) is 104 Å². The van der Waals surface area contributed by atoms with Crippen LogP contribution in [0, 0.1) is 5.41 Å². The third kappa shape index (κ3) is 5.29. The molecule has 4 rings (SSSR count). The van der Waals surface area contributed by atoms with Crippen LogP contribution in [-0.2, 0) is 9.59 Å². The minimum absolute atomic E-state index is 0.0663. The molecule has 0 saturated heterocycles. The first-order valence-electron chi connectivity index (χ1n) is 12.3. The van der Waals surface area contributed by atoms with Crippen molar-refractivity contribution < 1.29 is 19.2 Å². The van der Waals surface area contributed by atoms with Gasteiger partial charge in [0.1, 0.15) is 0 Å². The number of anilines is 1. The number of ketones is 2. The molecule has 1 saturated carbocycles. The molecule has 1 fully saturated rings. The average molecular weight is 476 g/mol. The highest BCUT2D eigenvalue weighted by atomic mass is 16.2. The average Bonchev–Trinajstić information content (AvgIpc) is 2.83. The molecular formula is C28H33N3O4. The Morgan fingerprint density at radius 1 is 0.857 bits per heavy atom. The third-order valence-corrected chi connectivity index (χ3v) is 6.72. The second kappa shape index (κ2) is 10.0. The molecule has 2 aromatic carbocycles. The molecule has 0 radical (unpaired) electrons. The molecular weight excluding hydrogens is 442 g/mol. The molecule has 0 aromatic heterocycles. The van der Waals surface area contributed by atoms with Crippen molar-refractivity contribution >= 4 is 29.1 Å². The van der Waals surface area contributed by atoms with Crippen molar-refractivity contribution in [2.75, 3.05) is 11.9 Å². The number of rotatable bonds is 6. The molecule has 0 heterocycles. The predicted octanol–water partition coefficient (Wildman–Crippen LogP) is 3.85. The van der Waals surface area contributed by atoms with Crippen LogP contribution >= 0.6 is 0 Å². The van der Waals surface area contributed by atoms with Gasteiger partial charge in [-0.25, -0.2) is 0 Å². The summed E-state index contributed by atoms with van der Waals surface area (Å²) in [4.78, 5) is 51.0. The largest absolute Gasteiger partial charge is 0.380 e. The molecule has 7 heteroatoms. The fourth-order valence-electron chi connectivity index (χ4n) is 4.78. The van der Waals surface area contributed by atoms with Gasteiger partial charge in [0.15, 0.2) is 11.6 Å². The summed E-state index contributed by atoms with van der Waals surface area (Å²) in [6.45, 7) is 5.79. The Morgan fingerprint density at radius 3 is 2.17 bits per heavy atom.